The monoisotopic (exact) mass is 422 g/mol. The first-order valence-electron chi connectivity index (χ1n) is 10.5. The van der Waals surface area contributed by atoms with E-state index in [0.717, 1.165) is 19.3 Å². The van der Waals surface area contributed by atoms with Gasteiger partial charge in [0.15, 0.2) is 5.58 Å². The third kappa shape index (κ3) is 3.57. The predicted molar refractivity (Wildman–Crippen MR) is 113 cm³/mol. The van der Waals surface area contributed by atoms with Crippen LogP contribution in [0.5, 0.6) is 0 Å². The number of benzene rings is 2. The van der Waals surface area contributed by atoms with E-state index in [9.17, 15) is 14.0 Å². The average molecular weight is 422 g/mol. The Bertz CT molecular complexity index is 1150. The highest BCUT2D eigenvalue weighted by Crippen LogP contribution is 2.31. The Balaban J connectivity index is 1.24. The second kappa shape index (κ2) is 7.46. The maximum absolute atomic E-state index is 13.4. The molecule has 2 N–H and O–H groups in total. The summed E-state index contributed by atoms with van der Waals surface area (Å²) in [6.45, 7) is 1.97. The highest BCUT2D eigenvalue weighted by molar-refractivity contribution is 5.95. The minimum Gasteiger partial charge on any atom is -0.436 e. The maximum atomic E-state index is 13.4. The molecule has 5 rings (SSSR count). The number of amides is 2. The minimum absolute atomic E-state index is 0.00779. The first-order valence-corrected chi connectivity index (χ1v) is 10.5. The molecule has 8 heteroatoms. The molecule has 0 atom stereocenters. The number of oxazole rings is 1. The van der Waals surface area contributed by atoms with Gasteiger partial charge in [0.05, 0.1) is 5.54 Å². The van der Waals surface area contributed by atoms with E-state index in [-0.39, 0.29) is 17.6 Å². The SMILES string of the molecule is NC1(C(=O)N2CCN(C(=O)c3ccc(-c4nc5ccc(F)cc5o4)cc3)CC2)CCC1. The molecule has 1 saturated carbocycles. The van der Waals surface area contributed by atoms with Gasteiger partial charge in [0.2, 0.25) is 11.8 Å². The van der Waals surface area contributed by atoms with E-state index in [1.165, 1.54) is 12.1 Å². The van der Waals surface area contributed by atoms with Crippen molar-refractivity contribution in [2.24, 2.45) is 5.73 Å². The van der Waals surface area contributed by atoms with Crippen molar-refractivity contribution in [3.05, 3.63) is 53.8 Å². The maximum Gasteiger partial charge on any atom is 0.253 e. The Labute approximate surface area is 178 Å². The summed E-state index contributed by atoms with van der Waals surface area (Å²) < 4.78 is 19.0. The topological polar surface area (TPSA) is 92.7 Å². The first-order chi connectivity index (χ1) is 14.9. The Morgan fingerprint density at radius 1 is 1.00 bits per heavy atom. The molecule has 0 radical (unpaired) electrons. The number of hydrogen-bond acceptors (Lipinski definition) is 5. The molecular weight excluding hydrogens is 399 g/mol. The highest BCUT2D eigenvalue weighted by atomic mass is 19.1. The van der Waals surface area contributed by atoms with Gasteiger partial charge in [0, 0.05) is 43.4 Å². The lowest BCUT2D eigenvalue weighted by Gasteiger charge is -2.43. The van der Waals surface area contributed by atoms with Gasteiger partial charge in [0.25, 0.3) is 5.91 Å². The molecule has 1 aliphatic heterocycles. The molecule has 0 bridgehead atoms. The predicted octanol–water partition coefficient (Wildman–Crippen LogP) is 2.80. The van der Waals surface area contributed by atoms with Gasteiger partial charge in [-0.25, -0.2) is 9.37 Å². The zero-order valence-electron chi connectivity index (χ0n) is 17.0. The lowest BCUT2D eigenvalue weighted by Crippen LogP contribution is -2.62. The number of fused-ring (bicyclic) bond motifs is 1. The van der Waals surface area contributed by atoms with Crippen molar-refractivity contribution in [1.82, 2.24) is 14.8 Å². The summed E-state index contributed by atoms with van der Waals surface area (Å²) in [7, 11) is 0. The lowest BCUT2D eigenvalue weighted by molar-refractivity contribution is -0.141. The molecule has 2 fully saturated rings. The molecule has 2 amide bonds. The van der Waals surface area contributed by atoms with Gasteiger partial charge in [-0.1, -0.05) is 0 Å². The van der Waals surface area contributed by atoms with Crippen LogP contribution in [0, 0.1) is 5.82 Å². The Hall–Kier alpha value is -3.26. The average Bonchev–Trinajstić information content (AvgIpc) is 3.20. The van der Waals surface area contributed by atoms with E-state index in [2.05, 4.69) is 4.98 Å². The van der Waals surface area contributed by atoms with Crippen LogP contribution in [-0.2, 0) is 4.79 Å². The number of aromatic nitrogens is 1. The van der Waals surface area contributed by atoms with Crippen LogP contribution in [0.2, 0.25) is 0 Å². The number of halogens is 1. The van der Waals surface area contributed by atoms with Crippen LogP contribution >= 0.6 is 0 Å². The molecular formula is C23H23FN4O3. The van der Waals surface area contributed by atoms with E-state index in [1.807, 2.05) is 0 Å². The van der Waals surface area contributed by atoms with Gasteiger partial charge in [0.1, 0.15) is 11.3 Å². The third-order valence-corrected chi connectivity index (χ3v) is 6.26. The molecule has 1 aliphatic carbocycles. The van der Waals surface area contributed by atoms with Crippen molar-refractivity contribution in [3.63, 3.8) is 0 Å². The zero-order valence-corrected chi connectivity index (χ0v) is 17.0. The second-order valence-corrected chi connectivity index (χ2v) is 8.30. The fourth-order valence-electron chi connectivity index (χ4n) is 4.16. The summed E-state index contributed by atoms with van der Waals surface area (Å²) >= 11 is 0. The summed E-state index contributed by atoms with van der Waals surface area (Å²) in [5.41, 5.74) is 7.67. The van der Waals surface area contributed by atoms with Crippen molar-refractivity contribution in [2.75, 3.05) is 26.2 Å². The first kappa shape index (κ1) is 19.7. The quantitative estimate of drug-likeness (QED) is 0.701. The summed E-state index contributed by atoms with van der Waals surface area (Å²) in [5, 5.41) is 0. The molecule has 0 unspecified atom stereocenters. The lowest BCUT2D eigenvalue weighted by atomic mass is 9.76. The standard InChI is InChI=1S/C23H23FN4O3/c24-17-6-7-18-19(14-17)31-20(26-18)15-2-4-16(5-3-15)21(29)27-10-12-28(13-11-27)22(30)23(25)8-1-9-23/h2-7,14H,1,8-13,25H2. The summed E-state index contributed by atoms with van der Waals surface area (Å²) in [6.07, 6.45) is 2.48. The van der Waals surface area contributed by atoms with Gasteiger partial charge >= 0.3 is 0 Å². The molecule has 0 spiro atoms. The van der Waals surface area contributed by atoms with Crippen LogP contribution in [0.1, 0.15) is 29.6 Å². The van der Waals surface area contributed by atoms with Crippen LogP contribution in [0.15, 0.2) is 46.9 Å². The Morgan fingerprint density at radius 2 is 1.68 bits per heavy atom. The fraction of sp³-hybridized carbons (Fsp3) is 0.348. The summed E-state index contributed by atoms with van der Waals surface area (Å²) in [5.74, 6) is -0.0801. The van der Waals surface area contributed by atoms with Gasteiger partial charge in [-0.15, -0.1) is 0 Å². The molecule has 7 nitrogen and oxygen atoms in total. The smallest absolute Gasteiger partial charge is 0.253 e. The summed E-state index contributed by atoms with van der Waals surface area (Å²) in [4.78, 5) is 33.4. The fourth-order valence-corrected chi connectivity index (χ4v) is 4.16. The Morgan fingerprint density at radius 3 is 2.32 bits per heavy atom. The van der Waals surface area contributed by atoms with Crippen molar-refractivity contribution in [1.29, 1.82) is 0 Å². The molecule has 2 aliphatic rings. The number of piperazine rings is 1. The third-order valence-electron chi connectivity index (χ3n) is 6.26. The van der Waals surface area contributed by atoms with Crippen molar-refractivity contribution < 1.29 is 18.4 Å². The van der Waals surface area contributed by atoms with Gasteiger partial charge < -0.3 is 20.0 Å². The van der Waals surface area contributed by atoms with Crippen LogP contribution in [0.4, 0.5) is 4.39 Å². The van der Waals surface area contributed by atoms with Crippen LogP contribution in [0.3, 0.4) is 0 Å². The zero-order chi connectivity index (χ0) is 21.6. The second-order valence-electron chi connectivity index (χ2n) is 8.30. The van der Waals surface area contributed by atoms with E-state index < -0.39 is 5.54 Å². The largest absolute Gasteiger partial charge is 0.436 e. The number of nitrogens with zero attached hydrogens (tertiary/aromatic N) is 3. The number of nitrogens with two attached hydrogens (primary N) is 1. The van der Waals surface area contributed by atoms with Crippen molar-refractivity contribution in [3.8, 4) is 11.5 Å². The number of carbonyl (C=O) groups excluding carboxylic acids is 2. The number of carbonyl (C=O) groups is 2. The molecule has 31 heavy (non-hydrogen) atoms. The molecule has 1 saturated heterocycles. The van der Waals surface area contributed by atoms with E-state index in [4.69, 9.17) is 10.2 Å². The van der Waals surface area contributed by atoms with E-state index in [0.29, 0.717) is 54.3 Å². The van der Waals surface area contributed by atoms with E-state index in [1.54, 1.807) is 40.1 Å². The van der Waals surface area contributed by atoms with Crippen LogP contribution in [-0.4, -0.2) is 58.3 Å². The van der Waals surface area contributed by atoms with Gasteiger partial charge in [-0.3, -0.25) is 9.59 Å². The Kier molecular flexibility index (Phi) is 4.74. The van der Waals surface area contributed by atoms with Crippen LogP contribution < -0.4 is 5.73 Å². The normalized spacial score (nSPS) is 18.1. The van der Waals surface area contributed by atoms with Crippen LogP contribution in [0.25, 0.3) is 22.6 Å². The molecule has 2 aromatic carbocycles. The highest BCUT2D eigenvalue weighted by Gasteiger charge is 2.43. The number of hydrogen-bond donors (Lipinski definition) is 1. The molecule has 160 valence electrons. The summed E-state index contributed by atoms with van der Waals surface area (Å²) in [6, 6.07) is 11.2. The minimum atomic E-state index is -0.696. The van der Waals surface area contributed by atoms with Crippen molar-refractivity contribution in [2.45, 2.75) is 24.8 Å². The molecule has 1 aromatic heterocycles. The van der Waals surface area contributed by atoms with Gasteiger partial charge in [-0.2, -0.15) is 0 Å². The molecule has 3 aromatic rings. The molecule has 2 heterocycles. The number of rotatable bonds is 3. The van der Waals surface area contributed by atoms with E-state index >= 15 is 0 Å². The van der Waals surface area contributed by atoms with Crippen molar-refractivity contribution >= 4 is 22.9 Å². The van der Waals surface area contributed by atoms with Gasteiger partial charge in [-0.05, 0) is 55.7 Å².